The molecule has 0 aliphatic heterocycles. The van der Waals surface area contributed by atoms with E-state index in [1.165, 1.54) is 18.0 Å². The molecule has 0 saturated heterocycles. The van der Waals surface area contributed by atoms with Gasteiger partial charge in [-0.05, 0) is 29.8 Å². The predicted molar refractivity (Wildman–Crippen MR) is 133 cm³/mol. The molecule has 1 amide bonds. The first-order valence-corrected chi connectivity index (χ1v) is 11.7. The van der Waals surface area contributed by atoms with E-state index in [1.54, 1.807) is 18.2 Å². The molecule has 9 heteroatoms. The van der Waals surface area contributed by atoms with Crippen molar-refractivity contribution in [1.29, 1.82) is 0 Å². The number of hydrogen-bond acceptors (Lipinski definition) is 4. The van der Waals surface area contributed by atoms with Gasteiger partial charge in [0.1, 0.15) is 0 Å². The summed E-state index contributed by atoms with van der Waals surface area (Å²) in [5, 5.41) is 6.20. The average molecular weight is 504 g/mol. The van der Waals surface area contributed by atoms with Gasteiger partial charge in [-0.3, -0.25) is 4.79 Å². The van der Waals surface area contributed by atoms with Crippen LogP contribution in [0.3, 0.4) is 0 Å². The highest BCUT2D eigenvalue weighted by Crippen LogP contribution is 2.27. The van der Waals surface area contributed by atoms with Gasteiger partial charge in [-0.2, -0.15) is 5.10 Å². The lowest BCUT2D eigenvalue weighted by Crippen LogP contribution is -2.20. The van der Waals surface area contributed by atoms with Crippen LogP contribution >= 0.6 is 46.6 Å². The Hall–Kier alpha value is -2.51. The van der Waals surface area contributed by atoms with Crippen LogP contribution in [-0.4, -0.2) is 27.4 Å². The van der Waals surface area contributed by atoms with E-state index in [0.717, 1.165) is 21.8 Å². The number of halogens is 3. The lowest BCUT2D eigenvalue weighted by Gasteiger charge is -2.10. The Morgan fingerprint density at radius 2 is 1.75 bits per heavy atom. The average Bonchev–Trinajstić information content (AvgIpc) is 3.14. The van der Waals surface area contributed by atoms with Gasteiger partial charge >= 0.3 is 0 Å². The largest absolute Gasteiger partial charge is 0.314 e. The first-order chi connectivity index (χ1) is 15.5. The van der Waals surface area contributed by atoms with Crippen LogP contribution in [0.4, 0.5) is 0 Å². The highest BCUT2D eigenvalue weighted by molar-refractivity contribution is 7.99. The first kappa shape index (κ1) is 22.7. The third-order valence-electron chi connectivity index (χ3n) is 4.61. The molecule has 0 atom stereocenters. The SMILES string of the molecule is O=C(CSc1nc2ccccc2n1Cc1ccccc1Cl)N/N=C\c1cccc(Cl)c1Cl. The fourth-order valence-electron chi connectivity index (χ4n) is 3.07. The van der Waals surface area contributed by atoms with Gasteiger partial charge in [0.05, 0.1) is 39.6 Å². The number of imidazole rings is 1. The van der Waals surface area contributed by atoms with Gasteiger partial charge in [-0.1, -0.05) is 89.0 Å². The van der Waals surface area contributed by atoms with Crippen LogP contribution in [0.5, 0.6) is 0 Å². The number of para-hydroxylation sites is 2. The Morgan fingerprint density at radius 1 is 1.00 bits per heavy atom. The molecule has 32 heavy (non-hydrogen) atoms. The lowest BCUT2D eigenvalue weighted by atomic mass is 10.2. The molecule has 0 bridgehead atoms. The summed E-state index contributed by atoms with van der Waals surface area (Å²) >= 11 is 19.8. The number of hydrogen-bond donors (Lipinski definition) is 1. The van der Waals surface area contributed by atoms with Crippen LogP contribution in [0, 0.1) is 0 Å². The highest BCUT2D eigenvalue weighted by atomic mass is 35.5. The van der Waals surface area contributed by atoms with E-state index in [4.69, 9.17) is 39.8 Å². The number of rotatable bonds is 7. The van der Waals surface area contributed by atoms with Gasteiger partial charge in [0.2, 0.25) is 0 Å². The van der Waals surface area contributed by atoms with Crippen molar-refractivity contribution in [2.24, 2.45) is 5.10 Å². The lowest BCUT2D eigenvalue weighted by molar-refractivity contribution is -0.118. The minimum Gasteiger partial charge on any atom is -0.314 e. The summed E-state index contributed by atoms with van der Waals surface area (Å²) in [5.41, 5.74) is 5.94. The van der Waals surface area contributed by atoms with Gasteiger partial charge in [0.15, 0.2) is 5.16 Å². The molecule has 4 aromatic rings. The maximum atomic E-state index is 12.3. The molecule has 0 unspecified atom stereocenters. The van der Waals surface area contributed by atoms with Gasteiger partial charge in [-0.15, -0.1) is 0 Å². The quantitative estimate of drug-likeness (QED) is 0.183. The molecule has 0 spiro atoms. The number of carbonyl (C=O) groups excluding carboxylic acids is 1. The number of benzene rings is 3. The Balaban J connectivity index is 1.47. The number of fused-ring (bicyclic) bond motifs is 1. The van der Waals surface area contributed by atoms with Crippen LogP contribution in [0.1, 0.15) is 11.1 Å². The van der Waals surface area contributed by atoms with E-state index in [9.17, 15) is 4.79 Å². The smallest absolute Gasteiger partial charge is 0.250 e. The maximum Gasteiger partial charge on any atom is 0.250 e. The standard InChI is InChI=1S/C23H17Cl3N4OS/c24-17-8-2-1-6-16(17)13-30-20-11-4-3-10-19(20)28-23(30)32-14-21(31)29-27-12-15-7-5-9-18(25)22(15)26/h1-12H,13-14H2,(H,29,31)/b27-12-. The molecule has 162 valence electrons. The fourth-order valence-corrected chi connectivity index (χ4v) is 4.43. The van der Waals surface area contributed by atoms with Gasteiger partial charge in [0, 0.05) is 10.6 Å². The second-order valence-corrected chi connectivity index (χ2v) is 8.92. The molecule has 4 rings (SSSR count). The van der Waals surface area contributed by atoms with E-state index in [-0.39, 0.29) is 11.7 Å². The molecule has 3 aromatic carbocycles. The third kappa shape index (κ3) is 5.27. The number of aromatic nitrogens is 2. The van der Waals surface area contributed by atoms with Crippen molar-refractivity contribution in [3.63, 3.8) is 0 Å². The summed E-state index contributed by atoms with van der Waals surface area (Å²) in [7, 11) is 0. The first-order valence-electron chi connectivity index (χ1n) is 9.60. The normalized spacial score (nSPS) is 11.3. The topological polar surface area (TPSA) is 59.3 Å². The molecule has 0 radical (unpaired) electrons. The Bertz CT molecular complexity index is 1310. The van der Waals surface area contributed by atoms with E-state index >= 15 is 0 Å². The van der Waals surface area contributed by atoms with Gasteiger partial charge in [-0.25, -0.2) is 10.4 Å². The number of nitrogens with one attached hydrogen (secondary N) is 1. The van der Waals surface area contributed by atoms with E-state index in [0.29, 0.717) is 27.2 Å². The van der Waals surface area contributed by atoms with Crippen molar-refractivity contribution in [1.82, 2.24) is 15.0 Å². The number of nitrogens with zero attached hydrogens (tertiary/aromatic N) is 3. The van der Waals surface area contributed by atoms with E-state index in [2.05, 4.69) is 15.1 Å². The molecule has 5 nitrogen and oxygen atoms in total. The van der Waals surface area contributed by atoms with Crippen LogP contribution in [0.15, 0.2) is 77.0 Å². The molecule has 1 N–H and O–H groups in total. The minimum atomic E-state index is -0.263. The second kappa shape index (κ2) is 10.4. The molecule has 0 aliphatic carbocycles. The molecule has 1 aromatic heterocycles. The van der Waals surface area contributed by atoms with Crippen molar-refractivity contribution in [3.8, 4) is 0 Å². The van der Waals surface area contributed by atoms with Gasteiger partial charge in [0.25, 0.3) is 5.91 Å². The van der Waals surface area contributed by atoms with Crippen LogP contribution < -0.4 is 5.43 Å². The molecular formula is C23H17Cl3N4OS. The Kier molecular flexibility index (Phi) is 7.37. The Labute approximate surface area is 204 Å². The van der Waals surface area contributed by atoms with Crippen molar-refractivity contribution in [3.05, 3.63) is 92.9 Å². The monoisotopic (exact) mass is 502 g/mol. The zero-order chi connectivity index (χ0) is 22.5. The maximum absolute atomic E-state index is 12.3. The zero-order valence-corrected chi connectivity index (χ0v) is 19.7. The predicted octanol–water partition coefficient (Wildman–Crippen LogP) is 6.29. The summed E-state index contributed by atoms with van der Waals surface area (Å²) in [6.07, 6.45) is 1.46. The minimum absolute atomic E-state index is 0.145. The number of thioether (sulfide) groups is 1. The summed E-state index contributed by atoms with van der Waals surface area (Å²) in [4.78, 5) is 17.0. The van der Waals surface area contributed by atoms with Crippen LogP contribution in [0.2, 0.25) is 15.1 Å². The van der Waals surface area contributed by atoms with E-state index in [1.807, 2.05) is 48.5 Å². The van der Waals surface area contributed by atoms with Crippen molar-refractivity contribution in [2.75, 3.05) is 5.75 Å². The number of amides is 1. The number of carbonyl (C=O) groups is 1. The Morgan fingerprint density at radius 3 is 2.59 bits per heavy atom. The fraction of sp³-hybridized carbons (Fsp3) is 0.0870. The van der Waals surface area contributed by atoms with Crippen molar-refractivity contribution in [2.45, 2.75) is 11.7 Å². The van der Waals surface area contributed by atoms with Crippen LogP contribution in [0.25, 0.3) is 11.0 Å². The van der Waals surface area contributed by atoms with E-state index < -0.39 is 0 Å². The second-order valence-electron chi connectivity index (χ2n) is 6.79. The van der Waals surface area contributed by atoms with Crippen molar-refractivity contribution < 1.29 is 4.79 Å². The number of hydrazone groups is 1. The van der Waals surface area contributed by atoms with Crippen LogP contribution in [-0.2, 0) is 11.3 Å². The summed E-state index contributed by atoms with van der Waals surface area (Å²) in [6.45, 7) is 0.551. The highest BCUT2D eigenvalue weighted by Gasteiger charge is 2.14. The molecule has 0 fully saturated rings. The van der Waals surface area contributed by atoms with Gasteiger partial charge < -0.3 is 4.57 Å². The zero-order valence-electron chi connectivity index (χ0n) is 16.6. The summed E-state index contributed by atoms with van der Waals surface area (Å²) in [6, 6.07) is 20.7. The summed E-state index contributed by atoms with van der Waals surface area (Å²) in [5.74, 6) is -0.118. The molecule has 1 heterocycles. The third-order valence-corrected chi connectivity index (χ3v) is 6.79. The molecule has 0 saturated carbocycles. The summed E-state index contributed by atoms with van der Waals surface area (Å²) < 4.78 is 2.06. The van der Waals surface area contributed by atoms with Crippen molar-refractivity contribution >= 4 is 69.7 Å². The molecular weight excluding hydrogens is 487 g/mol. The molecule has 0 aliphatic rings.